The summed E-state index contributed by atoms with van der Waals surface area (Å²) in [4.78, 5) is 0. The van der Waals surface area contributed by atoms with Crippen LogP contribution < -0.4 is 5.32 Å². The van der Waals surface area contributed by atoms with Crippen LogP contribution in [0.3, 0.4) is 0 Å². The van der Waals surface area contributed by atoms with Crippen molar-refractivity contribution >= 4 is 11.0 Å². The second-order valence-electron chi connectivity index (χ2n) is 5.84. The Bertz CT molecular complexity index is 571. The number of nitrogens with one attached hydrogen (secondary N) is 1. The Labute approximate surface area is 119 Å². The van der Waals surface area contributed by atoms with Gasteiger partial charge < -0.3 is 14.5 Å². The van der Waals surface area contributed by atoms with E-state index in [1.54, 1.807) is 6.07 Å². The van der Waals surface area contributed by atoms with Crippen LogP contribution in [-0.2, 0) is 4.74 Å². The third-order valence-corrected chi connectivity index (χ3v) is 2.99. The highest BCUT2D eigenvalue weighted by molar-refractivity contribution is 5.78. The lowest BCUT2D eigenvalue weighted by atomic mass is 10.1. The SMILES string of the molecule is CCNC(COC(C)(C)C)c1cc2cccc(F)c2o1. The van der Waals surface area contributed by atoms with E-state index < -0.39 is 0 Å². The molecule has 110 valence electrons. The van der Waals surface area contributed by atoms with Gasteiger partial charge >= 0.3 is 0 Å². The lowest BCUT2D eigenvalue weighted by molar-refractivity contribution is -0.0169. The molecule has 1 unspecified atom stereocenters. The molecular formula is C16H22FNO2. The average Bonchev–Trinajstić information content (AvgIpc) is 2.78. The summed E-state index contributed by atoms with van der Waals surface area (Å²) in [6, 6.07) is 6.73. The van der Waals surface area contributed by atoms with Gasteiger partial charge in [-0.25, -0.2) is 4.39 Å². The molecule has 0 aliphatic heterocycles. The van der Waals surface area contributed by atoms with E-state index in [2.05, 4.69) is 5.32 Å². The Hall–Kier alpha value is -1.39. The van der Waals surface area contributed by atoms with Crippen molar-refractivity contribution in [1.82, 2.24) is 5.32 Å². The molecule has 0 saturated heterocycles. The molecule has 1 aromatic carbocycles. The molecule has 2 rings (SSSR count). The van der Waals surface area contributed by atoms with Crippen molar-refractivity contribution in [2.75, 3.05) is 13.2 Å². The maximum Gasteiger partial charge on any atom is 0.169 e. The largest absolute Gasteiger partial charge is 0.456 e. The summed E-state index contributed by atoms with van der Waals surface area (Å²) in [5, 5.41) is 4.09. The van der Waals surface area contributed by atoms with Gasteiger partial charge in [0.25, 0.3) is 0 Å². The molecule has 0 radical (unpaired) electrons. The molecular weight excluding hydrogens is 257 g/mol. The fourth-order valence-electron chi connectivity index (χ4n) is 2.04. The average molecular weight is 279 g/mol. The molecule has 2 aromatic rings. The monoisotopic (exact) mass is 279 g/mol. The van der Waals surface area contributed by atoms with E-state index in [9.17, 15) is 4.39 Å². The van der Waals surface area contributed by atoms with Crippen molar-refractivity contribution in [1.29, 1.82) is 0 Å². The number of benzene rings is 1. The van der Waals surface area contributed by atoms with Gasteiger partial charge in [0.05, 0.1) is 18.2 Å². The van der Waals surface area contributed by atoms with Crippen LogP contribution in [0.25, 0.3) is 11.0 Å². The molecule has 0 bridgehead atoms. The van der Waals surface area contributed by atoms with E-state index in [-0.39, 0.29) is 17.5 Å². The third kappa shape index (κ3) is 3.58. The van der Waals surface area contributed by atoms with Gasteiger partial charge in [-0.3, -0.25) is 0 Å². The van der Waals surface area contributed by atoms with Gasteiger partial charge in [-0.1, -0.05) is 19.1 Å². The minimum atomic E-state index is -0.333. The second-order valence-corrected chi connectivity index (χ2v) is 5.84. The highest BCUT2D eigenvalue weighted by atomic mass is 19.1. The highest BCUT2D eigenvalue weighted by Crippen LogP contribution is 2.27. The predicted octanol–water partition coefficient (Wildman–Crippen LogP) is 4.04. The first kappa shape index (κ1) is 15.0. The minimum Gasteiger partial charge on any atom is -0.456 e. The van der Waals surface area contributed by atoms with Crippen molar-refractivity contribution in [3.63, 3.8) is 0 Å². The smallest absolute Gasteiger partial charge is 0.169 e. The number of furan rings is 1. The normalized spacial score (nSPS) is 13.8. The zero-order valence-electron chi connectivity index (χ0n) is 12.5. The topological polar surface area (TPSA) is 34.4 Å². The molecule has 0 aliphatic carbocycles. The van der Waals surface area contributed by atoms with Crippen LogP contribution in [0.4, 0.5) is 4.39 Å². The molecule has 0 aliphatic rings. The van der Waals surface area contributed by atoms with Gasteiger partial charge in [0.1, 0.15) is 5.76 Å². The second kappa shape index (κ2) is 5.94. The van der Waals surface area contributed by atoms with E-state index >= 15 is 0 Å². The zero-order valence-corrected chi connectivity index (χ0v) is 12.5. The van der Waals surface area contributed by atoms with Crippen molar-refractivity contribution in [3.05, 3.63) is 35.8 Å². The van der Waals surface area contributed by atoms with Crippen LogP contribution in [-0.4, -0.2) is 18.8 Å². The van der Waals surface area contributed by atoms with Crippen molar-refractivity contribution in [2.24, 2.45) is 0 Å². The number of hydrogen-bond donors (Lipinski definition) is 1. The van der Waals surface area contributed by atoms with Crippen LogP contribution in [0.1, 0.15) is 39.5 Å². The predicted molar refractivity (Wildman–Crippen MR) is 78.3 cm³/mol. The molecule has 3 nitrogen and oxygen atoms in total. The van der Waals surface area contributed by atoms with Gasteiger partial charge in [0.2, 0.25) is 0 Å². The number of rotatable bonds is 5. The Kier molecular flexibility index (Phi) is 4.45. The van der Waals surface area contributed by atoms with Crippen LogP contribution in [0.2, 0.25) is 0 Å². The Morgan fingerprint density at radius 1 is 1.35 bits per heavy atom. The maximum atomic E-state index is 13.7. The maximum absolute atomic E-state index is 13.7. The Morgan fingerprint density at radius 2 is 2.10 bits per heavy atom. The molecule has 1 aromatic heterocycles. The molecule has 1 N–H and O–H groups in total. The van der Waals surface area contributed by atoms with Crippen LogP contribution in [0.5, 0.6) is 0 Å². The standard InChI is InChI=1S/C16H22FNO2/c1-5-18-13(10-19-16(2,3)4)14-9-11-7-6-8-12(17)15(11)20-14/h6-9,13,18H,5,10H2,1-4H3. The van der Waals surface area contributed by atoms with Gasteiger partial charge in [-0.15, -0.1) is 0 Å². The molecule has 4 heteroatoms. The van der Waals surface area contributed by atoms with Crippen LogP contribution in [0.15, 0.2) is 28.7 Å². The number of fused-ring (bicyclic) bond motifs is 1. The summed E-state index contributed by atoms with van der Waals surface area (Å²) in [5.41, 5.74) is 0.0893. The fraction of sp³-hybridized carbons (Fsp3) is 0.500. The molecule has 0 spiro atoms. The van der Waals surface area contributed by atoms with Crippen molar-refractivity contribution in [3.8, 4) is 0 Å². The fourth-order valence-corrected chi connectivity index (χ4v) is 2.04. The van der Waals surface area contributed by atoms with E-state index in [0.717, 1.165) is 11.9 Å². The summed E-state index contributed by atoms with van der Waals surface area (Å²) in [6.07, 6.45) is 0. The van der Waals surface area contributed by atoms with Crippen molar-refractivity contribution < 1.29 is 13.5 Å². The lowest BCUT2D eigenvalue weighted by Crippen LogP contribution is -2.30. The van der Waals surface area contributed by atoms with Gasteiger partial charge in [-0.05, 0) is 39.4 Å². The van der Waals surface area contributed by atoms with Gasteiger partial charge in [-0.2, -0.15) is 0 Å². The number of hydrogen-bond acceptors (Lipinski definition) is 3. The first-order valence-corrected chi connectivity index (χ1v) is 6.96. The molecule has 20 heavy (non-hydrogen) atoms. The van der Waals surface area contributed by atoms with E-state index in [4.69, 9.17) is 9.15 Å². The first-order valence-electron chi connectivity index (χ1n) is 6.96. The molecule has 0 amide bonds. The summed E-state index contributed by atoms with van der Waals surface area (Å²) in [7, 11) is 0. The quantitative estimate of drug-likeness (QED) is 0.897. The van der Waals surface area contributed by atoms with Crippen molar-refractivity contribution in [2.45, 2.75) is 39.3 Å². The summed E-state index contributed by atoms with van der Waals surface area (Å²) < 4.78 is 25.1. The summed E-state index contributed by atoms with van der Waals surface area (Å²) in [6.45, 7) is 9.32. The van der Waals surface area contributed by atoms with Gasteiger partial charge in [0, 0.05) is 5.39 Å². The minimum absolute atomic E-state index is 0.0778. The molecule has 0 fully saturated rings. The van der Waals surface area contributed by atoms with E-state index in [0.29, 0.717) is 18.0 Å². The Morgan fingerprint density at radius 3 is 2.70 bits per heavy atom. The van der Waals surface area contributed by atoms with Crippen LogP contribution >= 0.6 is 0 Å². The summed E-state index contributed by atoms with van der Waals surface area (Å²) >= 11 is 0. The Balaban J connectivity index is 2.24. The highest BCUT2D eigenvalue weighted by Gasteiger charge is 2.20. The number of likely N-dealkylation sites (N-methyl/N-ethyl adjacent to an activating group) is 1. The third-order valence-electron chi connectivity index (χ3n) is 2.99. The molecule has 1 heterocycles. The number of ether oxygens (including phenoxy) is 1. The van der Waals surface area contributed by atoms with E-state index in [1.165, 1.54) is 6.07 Å². The van der Waals surface area contributed by atoms with E-state index in [1.807, 2.05) is 39.8 Å². The lowest BCUT2D eigenvalue weighted by Gasteiger charge is -2.23. The summed E-state index contributed by atoms with van der Waals surface area (Å²) in [5.74, 6) is 0.372. The zero-order chi connectivity index (χ0) is 14.8. The number of halogens is 1. The van der Waals surface area contributed by atoms with Gasteiger partial charge in [0.15, 0.2) is 11.4 Å². The first-order chi connectivity index (χ1) is 9.40. The molecule has 0 saturated carbocycles. The molecule has 1 atom stereocenters. The number of para-hydroxylation sites is 1. The van der Waals surface area contributed by atoms with Crippen LogP contribution in [0, 0.1) is 5.82 Å².